The average Bonchev–Trinajstić information content (AvgIpc) is 3.07. The summed E-state index contributed by atoms with van der Waals surface area (Å²) in [6.07, 6.45) is 4.90. The van der Waals surface area contributed by atoms with Crippen LogP contribution in [0.5, 0.6) is 0 Å². The van der Waals surface area contributed by atoms with Crippen LogP contribution in [0.2, 0.25) is 0 Å². The van der Waals surface area contributed by atoms with Crippen molar-refractivity contribution in [2.24, 2.45) is 11.1 Å². The lowest BCUT2D eigenvalue weighted by molar-refractivity contribution is -0.128. The van der Waals surface area contributed by atoms with Crippen LogP contribution in [-0.4, -0.2) is 18.0 Å². The van der Waals surface area contributed by atoms with E-state index < -0.39 is 0 Å². The normalized spacial score (nSPS) is 18.7. The number of hydrogen-bond acceptors (Lipinski definition) is 2. The molecular formula is C12H24N2O. The van der Waals surface area contributed by atoms with E-state index in [0.29, 0.717) is 6.54 Å². The minimum atomic E-state index is -0.218. The molecule has 1 rings (SSSR count). The van der Waals surface area contributed by atoms with Crippen LogP contribution in [0.15, 0.2) is 0 Å². The summed E-state index contributed by atoms with van der Waals surface area (Å²) < 4.78 is 0. The Hall–Kier alpha value is -0.570. The summed E-state index contributed by atoms with van der Waals surface area (Å²) >= 11 is 0. The fourth-order valence-electron chi connectivity index (χ4n) is 2.06. The van der Waals surface area contributed by atoms with E-state index in [0.717, 1.165) is 32.1 Å². The van der Waals surface area contributed by atoms with Gasteiger partial charge in [-0.2, -0.15) is 0 Å². The van der Waals surface area contributed by atoms with Gasteiger partial charge >= 0.3 is 0 Å². The third kappa shape index (κ3) is 2.33. The van der Waals surface area contributed by atoms with Crippen LogP contribution >= 0.6 is 0 Å². The largest absolute Gasteiger partial charge is 0.350 e. The quantitative estimate of drug-likeness (QED) is 0.705. The van der Waals surface area contributed by atoms with Crippen molar-refractivity contribution in [2.75, 3.05) is 6.54 Å². The highest BCUT2D eigenvalue weighted by Crippen LogP contribution is 2.45. The summed E-state index contributed by atoms with van der Waals surface area (Å²) in [7, 11) is 0. The molecule has 0 bridgehead atoms. The molecule has 3 N–H and O–H groups in total. The Morgan fingerprint density at radius 2 is 1.73 bits per heavy atom. The van der Waals surface area contributed by atoms with Gasteiger partial charge in [-0.15, -0.1) is 0 Å². The maximum absolute atomic E-state index is 12.1. The summed E-state index contributed by atoms with van der Waals surface area (Å²) in [6.45, 7) is 6.89. The minimum Gasteiger partial charge on any atom is -0.350 e. The molecule has 0 aromatic carbocycles. The zero-order valence-corrected chi connectivity index (χ0v) is 10.2. The van der Waals surface area contributed by atoms with Gasteiger partial charge in [-0.3, -0.25) is 4.79 Å². The number of carbonyl (C=O) groups is 1. The second-order valence-corrected chi connectivity index (χ2v) is 4.78. The van der Waals surface area contributed by atoms with Crippen molar-refractivity contribution in [3.05, 3.63) is 0 Å². The first kappa shape index (κ1) is 12.5. The second kappa shape index (κ2) is 4.52. The lowest BCUT2D eigenvalue weighted by Gasteiger charge is -2.33. The number of nitrogens with one attached hydrogen (secondary N) is 1. The first-order valence-corrected chi connectivity index (χ1v) is 6.11. The molecule has 1 fully saturated rings. The molecule has 1 aliphatic carbocycles. The summed E-state index contributed by atoms with van der Waals surface area (Å²) in [4.78, 5) is 12.1. The predicted molar refractivity (Wildman–Crippen MR) is 62.5 cm³/mol. The van der Waals surface area contributed by atoms with Gasteiger partial charge in [-0.1, -0.05) is 20.8 Å². The van der Waals surface area contributed by atoms with Gasteiger partial charge in [-0.25, -0.2) is 0 Å². The molecule has 3 nitrogen and oxygen atoms in total. The SMILES string of the molecule is CCC(CC)(CC)NC(=O)C1(CN)CC1. The van der Waals surface area contributed by atoms with Gasteiger partial charge in [0.05, 0.1) is 5.41 Å². The van der Waals surface area contributed by atoms with E-state index in [1.807, 2.05) is 0 Å². The average molecular weight is 212 g/mol. The van der Waals surface area contributed by atoms with Crippen molar-refractivity contribution >= 4 is 5.91 Å². The molecule has 1 saturated carbocycles. The molecule has 0 spiro atoms. The molecule has 88 valence electrons. The van der Waals surface area contributed by atoms with Gasteiger partial charge in [-0.05, 0) is 32.1 Å². The van der Waals surface area contributed by atoms with Crippen molar-refractivity contribution in [3.8, 4) is 0 Å². The first-order valence-electron chi connectivity index (χ1n) is 6.11. The fourth-order valence-corrected chi connectivity index (χ4v) is 2.06. The molecule has 0 radical (unpaired) electrons. The molecule has 0 saturated heterocycles. The van der Waals surface area contributed by atoms with Crippen molar-refractivity contribution in [1.82, 2.24) is 5.32 Å². The zero-order valence-electron chi connectivity index (χ0n) is 10.2. The van der Waals surface area contributed by atoms with Crippen molar-refractivity contribution in [1.29, 1.82) is 0 Å². The van der Waals surface area contributed by atoms with Crippen LogP contribution < -0.4 is 11.1 Å². The molecule has 1 amide bonds. The van der Waals surface area contributed by atoms with E-state index in [1.165, 1.54) is 0 Å². The van der Waals surface area contributed by atoms with Crippen LogP contribution in [0, 0.1) is 5.41 Å². The maximum Gasteiger partial charge on any atom is 0.227 e. The van der Waals surface area contributed by atoms with Crippen LogP contribution in [0.1, 0.15) is 52.9 Å². The predicted octanol–water partition coefficient (Wildman–Crippen LogP) is 1.81. The number of amides is 1. The molecule has 0 heterocycles. The molecule has 0 atom stereocenters. The molecule has 15 heavy (non-hydrogen) atoms. The van der Waals surface area contributed by atoms with E-state index in [-0.39, 0.29) is 16.9 Å². The fraction of sp³-hybridized carbons (Fsp3) is 0.917. The van der Waals surface area contributed by atoms with Gasteiger partial charge in [0.1, 0.15) is 0 Å². The number of nitrogens with two attached hydrogens (primary N) is 1. The Balaban J connectivity index is 2.63. The summed E-state index contributed by atoms with van der Waals surface area (Å²) in [6, 6.07) is 0. The van der Waals surface area contributed by atoms with E-state index in [4.69, 9.17) is 5.73 Å². The molecule has 3 heteroatoms. The summed E-state index contributed by atoms with van der Waals surface area (Å²) in [5, 5.41) is 3.21. The summed E-state index contributed by atoms with van der Waals surface area (Å²) in [5.41, 5.74) is 5.42. The molecule has 1 aliphatic rings. The zero-order chi connectivity index (χ0) is 11.5. The Labute approximate surface area is 92.8 Å². The monoisotopic (exact) mass is 212 g/mol. The highest BCUT2D eigenvalue weighted by molar-refractivity contribution is 5.86. The summed E-state index contributed by atoms with van der Waals surface area (Å²) in [5.74, 6) is 0.176. The van der Waals surface area contributed by atoms with Gasteiger partial charge < -0.3 is 11.1 Å². The van der Waals surface area contributed by atoms with Crippen molar-refractivity contribution < 1.29 is 4.79 Å². The Morgan fingerprint density at radius 3 is 2.00 bits per heavy atom. The van der Waals surface area contributed by atoms with Gasteiger partial charge in [0.2, 0.25) is 5.91 Å². The van der Waals surface area contributed by atoms with Crippen molar-refractivity contribution in [2.45, 2.75) is 58.4 Å². The number of rotatable bonds is 6. The van der Waals surface area contributed by atoms with Gasteiger partial charge in [0, 0.05) is 12.1 Å². The van der Waals surface area contributed by atoms with Crippen LogP contribution in [0.3, 0.4) is 0 Å². The van der Waals surface area contributed by atoms with Crippen LogP contribution in [0.25, 0.3) is 0 Å². The molecule has 0 aromatic rings. The maximum atomic E-state index is 12.1. The number of hydrogen-bond donors (Lipinski definition) is 2. The molecule has 0 unspecified atom stereocenters. The highest BCUT2D eigenvalue weighted by Gasteiger charge is 2.49. The van der Waals surface area contributed by atoms with E-state index in [1.54, 1.807) is 0 Å². The van der Waals surface area contributed by atoms with E-state index in [9.17, 15) is 4.79 Å². The first-order chi connectivity index (χ1) is 7.08. The standard InChI is InChI=1S/C12H24N2O/c1-4-12(5-2,6-3)14-10(15)11(9-13)7-8-11/h4-9,13H2,1-3H3,(H,14,15). The van der Waals surface area contributed by atoms with Gasteiger partial charge in [0.15, 0.2) is 0 Å². The number of carbonyl (C=O) groups excluding carboxylic acids is 1. The Kier molecular flexibility index (Phi) is 3.77. The lowest BCUT2D eigenvalue weighted by atomic mass is 9.88. The lowest BCUT2D eigenvalue weighted by Crippen LogP contribution is -2.51. The Morgan fingerprint density at radius 1 is 1.27 bits per heavy atom. The van der Waals surface area contributed by atoms with E-state index >= 15 is 0 Å². The molecular weight excluding hydrogens is 188 g/mol. The van der Waals surface area contributed by atoms with Crippen molar-refractivity contribution in [3.63, 3.8) is 0 Å². The smallest absolute Gasteiger partial charge is 0.227 e. The highest BCUT2D eigenvalue weighted by atomic mass is 16.2. The van der Waals surface area contributed by atoms with E-state index in [2.05, 4.69) is 26.1 Å². The molecule has 0 aromatic heterocycles. The minimum absolute atomic E-state index is 0.0121. The van der Waals surface area contributed by atoms with Crippen LogP contribution in [-0.2, 0) is 4.79 Å². The third-order valence-electron chi connectivity index (χ3n) is 4.13. The third-order valence-corrected chi connectivity index (χ3v) is 4.13. The Bertz CT molecular complexity index is 222. The van der Waals surface area contributed by atoms with Gasteiger partial charge in [0.25, 0.3) is 0 Å². The molecule has 0 aliphatic heterocycles. The second-order valence-electron chi connectivity index (χ2n) is 4.78. The van der Waals surface area contributed by atoms with Crippen LogP contribution in [0.4, 0.5) is 0 Å². The topological polar surface area (TPSA) is 55.1 Å².